The number of aromatic nitrogens is 1. The zero-order valence-electron chi connectivity index (χ0n) is 25.0. The predicted molar refractivity (Wildman–Crippen MR) is 164 cm³/mol. The molecule has 3 amide bonds. The number of nitrogens with one attached hydrogen (secondary N) is 1. The van der Waals surface area contributed by atoms with E-state index >= 15 is 0 Å². The van der Waals surface area contributed by atoms with E-state index in [4.69, 9.17) is 9.47 Å². The number of hydrogen-bond acceptors (Lipinski definition) is 4. The fourth-order valence-electron chi connectivity index (χ4n) is 8.65. The van der Waals surface area contributed by atoms with Gasteiger partial charge in [0.2, 0.25) is 5.91 Å². The van der Waals surface area contributed by atoms with E-state index in [1.807, 2.05) is 65.6 Å². The SMILES string of the molecule is COCCN(CC(=O)N1CCn2cccc2[C@H]1c1cccc(Oc2ccccc2)c1)C(=O)NC12CC3CC(CC(C3)C1)C2. The van der Waals surface area contributed by atoms with Gasteiger partial charge in [-0.3, -0.25) is 4.79 Å². The lowest BCUT2D eigenvalue weighted by Crippen LogP contribution is -2.62. The van der Waals surface area contributed by atoms with E-state index in [9.17, 15) is 9.59 Å². The van der Waals surface area contributed by atoms with E-state index in [0.29, 0.717) is 26.2 Å². The first-order valence-corrected chi connectivity index (χ1v) is 15.8. The molecule has 2 aromatic carbocycles. The molecule has 1 atom stereocenters. The van der Waals surface area contributed by atoms with Crippen molar-refractivity contribution in [3.05, 3.63) is 84.2 Å². The highest BCUT2D eigenvalue weighted by molar-refractivity contribution is 5.85. The minimum Gasteiger partial charge on any atom is -0.457 e. The Morgan fingerprint density at radius 3 is 2.35 bits per heavy atom. The largest absolute Gasteiger partial charge is 0.457 e. The van der Waals surface area contributed by atoms with Gasteiger partial charge in [0.05, 0.1) is 12.6 Å². The summed E-state index contributed by atoms with van der Waals surface area (Å²) in [4.78, 5) is 31.6. The van der Waals surface area contributed by atoms with Crippen LogP contribution in [0.4, 0.5) is 4.79 Å². The molecule has 0 saturated heterocycles. The lowest BCUT2D eigenvalue weighted by molar-refractivity contribution is -0.134. The maximum Gasteiger partial charge on any atom is 0.318 e. The number of carbonyl (C=O) groups excluding carboxylic acids is 2. The van der Waals surface area contributed by atoms with E-state index in [1.54, 1.807) is 12.0 Å². The highest BCUT2D eigenvalue weighted by atomic mass is 16.5. The molecule has 226 valence electrons. The topological polar surface area (TPSA) is 76.0 Å². The van der Waals surface area contributed by atoms with Crippen LogP contribution in [-0.4, -0.2) is 65.2 Å². The molecular weight excluding hydrogens is 540 g/mol. The predicted octanol–water partition coefficient (Wildman–Crippen LogP) is 5.84. The van der Waals surface area contributed by atoms with Crippen LogP contribution in [0.3, 0.4) is 0 Å². The highest BCUT2D eigenvalue weighted by Crippen LogP contribution is 2.55. The van der Waals surface area contributed by atoms with Crippen LogP contribution in [-0.2, 0) is 16.1 Å². The smallest absolute Gasteiger partial charge is 0.318 e. The number of para-hydroxylation sites is 1. The first-order valence-electron chi connectivity index (χ1n) is 15.8. The number of hydrogen-bond donors (Lipinski definition) is 1. The number of carbonyl (C=O) groups is 2. The molecular formula is C35H42N4O4. The van der Waals surface area contributed by atoms with Crippen molar-refractivity contribution >= 4 is 11.9 Å². The molecule has 8 heteroatoms. The van der Waals surface area contributed by atoms with Crippen LogP contribution in [0.5, 0.6) is 11.5 Å². The number of nitrogens with zero attached hydrogens (tertiary/aromatic N) is 3. The Labute approximate surface area is 253 Å². The number of fused-ring (bicyclic) bond motifs is 1. The Balaban J connectivity index is 1.11. The van der Waals surface area contributed by atoms with Gasteiger partial charge < -0.3 is 29.2 Å². The summed E-state index contributed by atoms with van der Waals surface area (Å²) in [7, 11) is 1.64. The van der Waals surface area contributed by atoms with Crippen molar-refractivity contribution in [2.75, 3.05) is 33.4 Å². The van der Waals surface area contributed by atoms with Gasteiger partial charge in [-0.15, -0.1) is 0 Å². The van der Waals surface area contributed by atoms with E-state index in [1.165, 1.54) is 19.3 Å². The van der Waals surface area contributed by atoms with Crippen LogP contribution in [0.1, 0.15) is 55.8 Å². The molecule has 0 unspecified atom stereocenters. The first-order chi connectivity index (χ1) is 21.0. The molecule has 2 heterocycles. The monoisotopic (exact) mass is 582 g/mol. The van der Waals surface area contributed by atoms with Gasteiger partial charge in [-0.1, -0.05) is 30.3 Å². The normalized spacial score (nSPS) is 27.0. The molecule has 8 rings (SSSR count). The molecule has 1 N–H and O–H groups in total. The fraction of sp³-hybridized carbons (Fsp3) is 0.486. The summed E-state index contributed by atoms with van der Waals surface area (Å²) < 4.78 is 13.7. The van der Waals surface area contributed by atoms with Crippen molar-refractivity contribution in [2.45, 2.75) is 56.7 Å². The molecule has 1 aromatic heterocycles. The molecule has 43 heavy (non-hydrogen) atoms. The second-order valence-electron chi connectivity index (χ2n) is 13.1. The molecule has 8 nitrogen and oxygen atoms in total. The molecule has 4 saturated carbocycles. The zero-order chi connectivity index (χ0) is 29.4. The molecule has 4 fully saturated rings. The molecule has 0 spiro atoms. The lowest BCUT2D eigenvalue weighted by Gasteiger charge is -2.57. The van der Waals surface area contributed by atoms with Gasteiger partial charge in [0.15, 0.2) is 0 Å². The second-order valence-corrected chi connectivity index (χ2v) is 13.1. The van der Waals surface area contributed by atoms with Crippen LogP contribution >= 0.6 is 0 Å². The quantitative estimate of drug-likeness (QED) is 0.344. The Morgan fingerprint density at radius 1 is 0.907 bits per heavy atom. The minimum absolute atomic E-state index is 0.0129. The fourth-order valence-corrected chi connectivity index (χ4v) is 8.65. The number of rotatable bonds is 9. The van der Waals surface area contributed by atoms with Crippen molar-refractivity contribution in [3.8, 4) is 11.5 Å². The maximum atomic E-state index is 14.2. The number of urea groups is 1. The first kappa shape index (κ1) is 28.0. The Hall–Kier alpha value is -3.78. The van der Waals surface area contributed by atoms with E-state index < -0.39 is 0 Å². The van der Waals surface area contributed by atoms with Gasteiger partial charge in [-0.2, -0.15) is 0 Å². The van der Waals surface area contributed by atoms with Crippen LogP contribution in [0, 0.1) is 17.8 Å². The van der Waals surface area contributed by atoms with Crippen molar-refractivity contribution < 1.29 is 19.1 Å². The Morgan fingerprint density at radius 2 is 1.63 bits per heavy atom. The number of methoxy groups -OCH3 is 1. The number of ether oxygens (including phenoxy) is 2. The van der Waals surface area contributed by atoms with Crippen LogP contribution < -0.4 is 10.1 Å². The molecule has 5 aliphatic rings. The van der Waals surface area contributed by atoms with Gasteiger partial charge in [-0.05, 0) is 98.2 Å². The van der Waals surface area contributed by atoms with Crippen molar-refractivity contribution in [1.82, 2.24) is 19.7 Å². The van der Waals surface area contributed by atoms with Gasteiger partial charge in [0, 0.05) is 44.2 Å². The molecule has 4 aliphatic carbocycles. The van der Waals surface area contributed by atoms with Crippen LogP contribution in [0.25, 0.3) is 0 Å². The Bertz CT molecular complexity index is 1420. The van der Waals surface area contributed by atoms with E-state index in [0.717, 1.165) is 59.8 Å². The summed E-state index contributed by atoms with van der Waals surface area (Å²) in [6.07, 6.45) is 9.23. The second kappa shape index (κ2) is 11.7. The number of amides is 3. The highest BCUT2D eigenvalue weighted by Gasteiger charge is 2.52. The third-order valence-corrected chi connectivity index (χ3v) is 10.1. The Kier molecular flexibility index (Phi) is 7.63. The van der Waals surface area contributed by atoms with E-state index in [-0.39, 0.29) is 30.1 Å². The molecule has 1 aliphatic heterocycles. The minimum atomic E-state index is -0.286. The average molecular weight is 583 g/mol. The summed E-state index contributed by atoms with van der Waals surface area (Å²) in [6.45, 7) is 2.04. The van der Waals surface area contributed by atoms with Gasteiger partial charge in [-0.25, -0.2) is 4.79 Å². The standard InChI is InChI=1S/C35H42N4O4/c1-42-16-15-38(34(41)36-35-21-25-17-26(22-35)19-27(18-25)23-35)24-32(40)39-14-13-37-12-6-11-31(37)33(39)28-7-5-10-30(20-28)43-29-8-3-2-4-9-29/h2-12,20,25-27,33H,13-19,21-24H2,1H3,(H,36,41)/t25?,26?,27?,33-,35?/m1/s1. The summed E-state index contributed by atoms with van der Waals surface area (Å²) >= 11 is 0. The summed E-state index contributed by atoms with van der Waals surface area (Å²) in [5.41, 5.74) is 1.91. The maximum absolute atomic E-state index is 14.2. The lowest BCUT2D eigenvalue weighted by atomic mass is 9.53. The van der Waals surface area contributed by atoms with Gasteiger partial charge in [0.1, 0.15) is 18.0 Å². The molecule has 4 bridgehead atoms. The van der Waals surface area contributed by atoms with Crippen LogP contribution in [0.2, 0.25) is 0 Å². The summed E-state index contributed by atoms with van der Waals surface area (Å²) in [6, 6.07) is 21.4. The number of benzene rings is 2. The zero-order valence-corrected chi connectivity index (χ0v) is 25.0. The third kappa shape index (κ3) is 5.77. The molecule has 0 radical (unpaired) electrons. The van der Waals surface area contributed by atoms with Crippen molar-refractivity contribution in [1.29, 1.82) is 0 Å². The summed E-state index contributed by atoms with van der Waals surface area (Å²) in [5.74, 6) is 3.60. The average Bonchev–Trinajstić information content (AvgIpc) is 3.47. The van der Waals surface area contributed by atoms with Crippen molar-refractivity contribution in [3.63, 3.8) is 0 Å². The van der Waals surface area contributed by atoms with Crippen molar-refractivity contribution in [2.24, 2.45) is 17.8 Å². The third-order valence-electron chi connectivity index (χ3n) is 10.1. The van der Waals surface area contributed by atoms with Gasteiger partial charge >= 0.3 is 6.03 Å². The summed E-state index contributed by atoms with van der Waals surface area (Å²) in [5, 5.41) is 3.47. The van der Waals surface area contributed by atoms with Crippen LogP contribution in [0.15, 0.2) is 72.9 Å². The molecule has 3 aromatic rings. The van der Waals surface area contributed by atoms with E-state index in [2.05, 4.69) is 22.1 Å². The van der Waals surface area contributed by atoms with Gasteiger partial charge in [0.25, 0.3) is 0 Å².